The number of carbonyl (C=O) groups excluding carboxylic acids is 3. The first-order valence-electron chi connectivity index (χ1n) is 6.79. The monoisotopic (exact) mass is 293 g/mol. The van der Waals surface area contributed by atoms with E-state index in [1.165, 1.54) is 6.26 Å². The average molecular weight is 293 g/mol. The summed E-state index contributed by atoms with van der Waals surface area (Å²) in [6, 6.07) is 2.65. The van der Waals surface area contributed by atoms with E-state index in [0.29, 0.717) is 18.2 Å². The lowest BCUT2D eigenvalue weighted by molar-refractivity contribution is -0.135. The van der Waals surface area contributed by atoms with Crippen molar-refractivity contribution in [2.24, 2.45) is 5.92 Å². The number of urea groups is 1. The van der Waals surface area contributed by atoms with Crippen LogP contribution < -0.4 is 10.6 Å². The number of nitrogens with one attached hydrogen (secondary N) is 2. The fourth-order valence-corrected chi connectivity index (χ4v) is 2.09. The Morgan fingerprint density at radius 3 is 2.76 bits per heavy atom. The van der Waals surface area contributed by atoms with E-state index < -0.39 is 17.5 Å². The fraction of sp³-hybridized carbons (Fsp3) is 0.500. The summed E-state index contributed by atoms with van der Waals surface area (Å²) in [7, 11) is 0. The molecule has 2 heterocycles. The van der Waals surface area contributed by atoms with E-state index in [1.807, 2.05) is 13.8 Å². The van der Waals surface area contributed by atoms with Gasteiger partial charge in [-0.3, -0.25) is 14.5 Å². The quantitative estimate of drug-likeness (QED) is 0.786. The summed E-state index contributed by atoms with van der Waals surface area (Å²) in [4.78, 5) is 37.0. The Morgan fingerprint density at radius 2 is 2.19 bits per heavy atom. The van der Waals surface area contributed by atoms with Crippen molar-refractivity contribution in [2.75, 3.05) is 13.1 Å². The first-order chi connectivity index (χ1) is 9.84. The van der Waals surface area contributed by atoms with Crippen LogP contribution in [0, 0.1) is 5.92 Å². The zero-order chi connectivity index (χ0) is 15.6. The first kappa shape index (κ1) is 15.1. The number of amides is 4. The lowest BCUT2D eigenvalue weighted by Crippen LogP contribution is -2.43. The smallest absolute Gasteiger partial charge is 0.325 e. The van der Waals surface area contributed by atoms with Gasteiger partial charge in [-0.05, 0) is 25.0 Å². The van der Waals surface area contributed by atoms with E-state index in [9.17, 15) is 14.4 Å². The van der Waals surface area contributed by atoms with E-state index in [1.54, 1.807) is 19.1 Å². The maximum absolute atomic E-state index is 12.4. The molecule has 7 heteroatoms. The van der Waals surface area contributed by atoms with E-state index in [2.05, 4.69) is 10.6 Å². The van der Waals surface area contributed by atoms with Crippen molar-refractivity contribution < 1.29 is 18.8 Å². The average Bonchev–Trinajstić information content (AvgIpc) is 3.01. The number of rotatable bonds is 5. The third-order valence-corrected chi connectivity index (χ3v) is 3.30. The van der Waals surface area contributed by atoms with Crippen molar-refractivity contribution in [3.63, 3.8) is 0 Å². The highest BCUT2D eigenvalue weighted by Gasteiger charge is 2.51. The van der Waals surface area contributed by atoms with Crippen LogP contribution in [0.1, 0.15) is 26.5 Å². The molecule has 2 N–H and O–H groups in total. The topological polar surface area (TPSA) is 91.7 Å². The van der Waals surface area contributed by atoms with E-state index in [4.69, 9.17) is 4.42 Å². The molecule has 0 aromatic carbocycles. The van der Waals surface area contributed by atoms with Gasteiger partial charge in [-0.15, -0.1) is 0 Å². The van der Waals surface area contributed by atoms with Gasteiger partial charge in [-0.25, -0.2) is 4.79 Å². The van der Waals surface area contributed by atoms with Gasteiger partial charge in [-0.1, -0.05) is 13.8 Å². The van der Waals surface area contributed by atoms with Crippen molar-refractivity contribution in [1.29, 1.82) is 0 Å². The van der Waals surface area contributed by atoms with E-state index in [0.717, 1.165) is 4.90 Å². The molecule has 1 aromatic rings. The number of hydrogen-bond donors (Lipinski definition) is 2. The lowest BCUT2D eigenvalue weighted by Gasteiger charge is -2.19. The number of carbonyl (C=O) groups is 3. The number of nitrogens with zero attached hydrogens (tertiary/aromatic N) is 1. The molecule has 4 amide bonds. The van der Waals surface area contributed by atoms with Crippen molar-refractivity contribution in [1.82, 2.24) is 15.5 Å². The van der Waals surface area contributed by atoms with E-state index in [-0.39, 0.29) is 12.5 Å². The normalized spacial score (nSPS) is 21.8. The Hall–Kier alpha value is -2.31. The van der Waals surface area contributed by atoms with Gasteiger partial charge >= 0.3 is 6.03 Å². The van der Waals surface area contributed by atoms with Gasteiger partial charge in [0.05, 0.1) is 6.26 Å². The van der Waals surface area contributed by atoms with Crippen LogP contribution in [0.15, 0.2) is 22.8 Å². The summed E-state index contributed by atoms with van der Waals surface area (Å²) in [5, 5.41) is 5.24. The van der Waals surface area contributed by atoms with Crippen molar-refractivity contribution >= 4 is 17.8 Å². The van der Waals surface area contributed by atoms with Crippen molar-refractivity contribution in [2.45, 2.75) is 26.3 Å². The molecule has 7 nitrogen and oxygen atoms in total. The first-order valence-corrected chi connectivity index (χ1v) is 6.79. The van der Waals surface area contributed by atoms with Crippen LogP contribution in [-0.2, 0) is 15.1 Å². The lowest BCUT2D eigenvalue weighted by atomic mass is 9.99. The zero-order valence-corrected chi connectivity index (χ0v) is 12.3. The van der Waals surface area contributed by atoms with Gasteiger partial charge in [-0.2, -0.15) is 0 Å². The SMILES string of the molecule is CC(C)CNC(=O)CN1C(=O)N[C@@](C)(c2ccco2)C1=O. The van der Waals surface area contributed by atoms with Crippen molar-refractivity contribution in [3.05, 3.63) is 24.2 Å². The summed E-state index contributed by atoms with van der Waals surface area (Å²) in [6.07, 6.45) is 1.43. The second kappa shape index (κ2) is 5.59. The maximum atomic E-state index is 12.4. The molecule has 1 aliphatic rings. The van der Waals surface area contributed by atoms with Crippen LogP contribution in [0.4, 0.5) is 4.79 Å². The molecule has 1 aliphatic heterocycles. The number of furan rings is 1. The Kier molecular flexibility index (Phi) is 4.02. The van der Waals surface area contributed by atoms with Crippen LogP contribution >= 0.6 is 0 Å². The van der Waals surface area contributed by atoms with Gasteiger partial charge in [0, 0.05) is 6.54 Å². The molecular weight excluding hydrogens is 274 g/mol. The Bertz CT molecular complexity index is 553. The number of imide groups is 1. The molecule has 2 rings (SSSR count). The molecule has 21 heavy (non-hydrogen) atoms. The molecule has 0 saturated carbocycles. The molecule has 0 radical (unpaired) electrons. The van der Waals surface area contributed by atoms with Crippen molar-refractivity contribution in [3.8, 4) is 0 Å². The maximum Gasteiger partial charge on any atom is 0.325 e. The molecule has 114 valence electrons. The van der Waals surface area contributed by atoms with E-state index >= 15 is 0 Å². The molecule has 1 aromatic heterocycles. The Morgan fingerprint density at radius 1 is 1.48 bits per heavy atom. The second-order valence-corrected chi connectivity index (χ2v) is 5.62. The minimum atomic E-state index is -1.26. The van der Waals surface area contributed by atoms with Gasteiger partial charge in [0.15, 0.2) is 5.54 Å². The summed E-state index contributed by atoms with van der Waals surface area (Å²) in [5.41, 5.74) is -1.26. The Labute approximate surface area is 122 Å². The highest BCUT2D eigenvalue weighted by atomic mass is 16.3. The molecule has 1 saturated heterocycles. The van der Waals surface area contributed by atoms with Crippen LogP contribution in [0.3, 0.4) is 0 Å². The molecule has 0 unspecified atom stereocenters. The van der Waals surface area contributed by atoms with Crippen LogP contribution in [0.25, 0.3) is 0 Å². The molecule has 0 spiro atoms. The highest BCUT2D eigenvalue weighted by Crippen LogP contribution is 2.28. The highest BCUT2D eigenvalue weighted by molar-refractivity contribution is 6.08. The number of hydrogen-bond acceptors (Lipinski definition) is 4. The van der Waals surface area contributed by atoms with Gasteiger partial charge in [0.1, 0.15) is 12.3 Å². The summed E-state index contributed by atoms with van der Waals surface area (Å²) in [5.74, 6) is -0.227. The van der Waals surface area contributed by atoms with Crippen LogP contribution in [0.5, 0.6) is 0 Å². The third kappa shape index (κ3) is 2.91. The van der Waals surface area contributed by atoms with Crippen LogP contribution in [0.2, 0.25) is 0 Å². The summed E-state index contributed by atoms with van der Waals surface area (Å²) in [6.45, 7) is 5.67. The minimum absolute atomic E-state index is 0.297. The van der Waals surface area contributed by atoms with Crippen LogP contribution in [-0.4, -0.2) is 35.8 Å². The van der Waals surface area contributed by atoms with Gasteiger partial charge < -0.3 is 15.1 Å². The third-order valence-electron chi connectivity index (χ3n) is 3.30. The molecule has 0 aliphatic carbocycles. The predicted octanol–water partition coefficient (Wildman–Crippen LogP) is 0.819. The summed E-state index contributed by atoms with van der Waals surface area (Å²) < 4.78 is 5.21. The largest absolute Gasteiger partial charge is 0.466 e. The Balaban J connectivity index is 2.07. The molecular formula is C14H19N3O4. The fourth-order valence-electron chi connectivity index (χ4n) is 2.09. The standard InChI is InChI=1S/C14H19N3O4/c1-9(2)7-15-11(18)8-17-12(19)14(3,16-13(17)20)10-5-4-6-21-10/h4-6,9H,7-8H2,1-3H3,(H,15,18)(H,16,20)/t14-/m0/s1. The second-order valence-electron chi connectivity index (χ2n) is 5.62. The zero-order valence-electron chi connectivity index (χ0n) is 12.3. The molecule has 0 bridgehead atoms. The minimum Gasteiger partial charge on any atom is -0.466 e. The van der Waals surface area contributed by atoms with Gasteiger partial charge in [0.2, 0.25) is 5.91 Å². The summed E-state index contributed by atoms with van der Waals surface area (Å²) >= 11 is 0. The predicted molar refractivity (Wildman–Crippen MR) is 74.2 cm³/mol. The van der Waals surface area contributed by atoms with Gasteiger partial charge in [0.25, 0.3) is 5.91 Å². The molecule has 1 atom stereocenters. The molecule has 1 fully saturated rings.